The molecule has 0 saturated heterocycles. The number of halogens is 3. The van der Waals surface area contributed by atoms with Crippen LogP contribution in [0.25, 0.3) is 0 Å². The zero-order valence-corrected chi connectivity index (χ0v) is 12.9. The fraction of sp³-hybridized carbons (Fsp3) is 0.500. The third-order valence-electron chi connectivity index (χ3n) is 2.81. The molecule has 0 aromatic heterocycles. The molecule has 1 rings (SSSR count). The molecule has 0 aromatic carbocycles. The van der Waals surface area contributed by atoms with E-state index in [-0.39, 0.29) is 0 Å². The van der Waals surface area contributed by atoms with Gasteiger partial charge in [0.2, 0.25) is 0 Å². The fourth-order valence-corrected chi connectivity index (χ4v) is 1.41. The molecule has 0 saturated carbocycles. The molecule has 1 aliphatic carbocycles. The van der Waals surface area contributed by atoms with Crippen LogP contribution in [0, 0.1) is 5.92 Å². The molecule has 0 aromatic rings. The van der Waals surface area contributed by atoms with Crippen LogP contribution in [0.2, 0.25) is 0 Å². The van der Waals surface area contributed by atoms with Gasteiger partial charge in [-0.2, -0.15) is 0 Å². The first-order valence-corrected chi connectivity index (χ1v) is 10.5. The van der Waals surface area contributed by atoms with E-state index in [1.807, 2.05) is 0 Å². The average molecular weight is 344 g/mol. The van der Waals surface area contributed by atoms with Gasteiger partial charge in [0.05, 0.1) is 0 Å². The Morgan fingerprint density at radius 1 is 0.643 bits per heavy atom. The van der Waals surface area contributed by atoms with Gasteiger partial charge in [0.25, 0.3) is 0 Å². The van der Waals surface area contributed by atoms with Crippen molar-refractivity contribution in [1.29, 1.82) is 0 Å². The van der Waals surface area contributed by atoms with Crippen LogP contribution in [0.15, 0.2) is 22.3 Å². The zero-order chi connectivity index (χ0) is 11.5. The molecule has 0 spiro atoms. The Bertz CT molecular complexity index is 240. The molecular weight excluding hydrogens is 329 g/mol. The van der Waals surface area contributed by atoms with Gasteiger partial charge < -0.3 is 0 Å². The molecule has 0 unspecified atom stereocenters. The van der Waals surface area contributed by atoms with Crippen molar-refractivity contribution in [2.24, 2.45) is 0 Å². The van der Waals surface area contributed by atoms with Crippen LogP contribution in [-0.4, -0.2) is 0 Å². The van der Waals surface area contributed by atoms with Gasteiger partial charge in [0.1, 0.15) is 0 Å². The molecule has 0 fully saturated rings. The molecule has 0 atom stereocenters. The summed E-state index contributed by atoms with van der Waals surface area (Å²) < 4.78 is 0. The number of hydrogen-bond acceptors (Lipinski definition) is 0. The van der Waals surface area contributed by atoms with Crippen LogP contribution < -0.4 is 0 Å². The molecule has 0 nitrogen and oxygen atoms in total. The minimum atomic E-state index is -1.66. The van der Waals surface area contributed by atoms with Crippen molar-refractivity contribution in [3.63, 3.8) is 0 Å². The van der Waals surface area contributed by atoms with E-state index in [0.717, 1.165) is 0 Å². The Hall–Kier alpha value is 0.973. The molecular formula is C10H15Cl3Rh. The number of rotatable bonds is 0. The summed E-state index contributed by atoms with van der Waals surface area (Å²) in [5.41, 5.74) is 5.87. The Kier molecular flexibility index (Phi) is 6.99. The van der Waals surface area contributed by atoms with Crippen LogP contribution in [0.5, 0.6) is 0 Å². The monoisotopic (exact) mass is 343 g/mol. The van der Waals surface area contributed by atoms with E-state index in [1.54, 1.807) is 0 Å². The van der Waals surface area contributed by atoms with E-state index in [1.165, 1.54) is 28.2 Å². The van der Waals surface area contributed by atoms with E-state index >= 15 is 0 Å². The van der Waals surface area contributed by atoms with E-state index < -0.39 is 13.0 Å². The third-order valence-corrected chi connectivity index (χ3v) is 2.81. The van der Waals surface area contributed by atoms with E-state index in [9.17, 15) is 0 Å². The number of allylic oxidation sites excluding steroid dienone is 4. The van der Waals surface area contributed by atoms with Gasteiger partial charge in [-0.3, -0.25) is 0 Å². The zero-order valence-electron chi connectivity index (χ0n) is 8.97. The summed E-state index contributed by atoms with van der Waals surface area (Å²) in [5, 5.41) is 0. The van der Waals surface area contributed by atoms with Crippen LogP contribution in [-0.2, 0) is 13.0 Å². The Balaban J connectivity index is 0.000000364. The van der Waals surface area contributed by atoms with Crippen LogP contribution in [0.3, 0.4) is 0 Å². The SMILES string of the molecule is C[C]1C(C)=C(C)C(C)=C1C.[Cl][Rh]([Cl])[Cl]. The van der Waals surface area contributed by atoms with Crippen molar-refractivity contribution in [1.82, 2.24) is 0 Å². The fourth-order valence-electron chi connectivity index (χ4n) is 1.41. The molecule has 85 valence electrons. The van der Waals surface area contributed by atoms with E-state index in [4.69, 9.17) is 29.1 Å². The van der Waals surface area contributed by atoms with Crippen molar-refractivity contribution in [2.45, 2.75) is 34.6 Å². The van der Waals surface area contributed by atoms with Gasteiger partial charge in [-0.05, 0) is 38.8 Å². The van der Waals surface area contributed by atoms with Gasteiger partial charge in [-0.15, -0.1) is 0 Å². The first kappa shape index (κ1) is 15.0. The molecule has 1 aliphatic rings. The van der Waals surface area contributed by atoms with Gasteiger partial charge in [0, 0.05) is 5.92 Å². The molecule has 0 aliphatic heterocycles. The second-order valence-corrected chi connectivity index (χ2v) is 10.7. The summed E-state index contributed by atoms with van der Waals surface area (Å²) in [6, 6.07) is 0. The summed E-state index contributed by atoms with van der Waals surface area (Å²) in [5.74, 6) is 1.47. The van der Waals surface area contributed by atoms with Gasteiger partial charge >= 0.3 is 42.1 Å². The summed E-state index contributed by atoms with van der Waals surface area (Å²) in [4.78, 5) is 0. The second kappa shape index (κ2) is 6.53. The van der Waals surface area contributed by atoms with Gasteiger partial charge in [-0.1, -0.05) is 18.1 Å². The quantitative estimate of drug-likeness (QED) is 0.521. The standard InChI is InChI=1S/C10H15.3ClH.Rh/c1-6-7(2)9(4)10(5)8(6)3;;;;/h1-5H3;3*1H;/q;;;;+3/p-3. The molecule has 14 heavy (non-hydrogen) atoms. The predicted octanol–water partition coefficient (Wildman–Crippen LogP) is 5.33. The Labute approximate surface area is 104 Å². The number of hydrogen-bond donors (Lipinski definition) is 0. The summed E-state index contributed by atoms with van der Waals surface area (Å²) in [7, 11) is 14.8. The summed E-state index contributed by atoms with van der Waals surface area (Å²) in [6.07, 6.45) is 0. The maximum atomic E-state index is 4.94. The van der Waals surface area contributed by atoms with E-state index in [2.05, 4.69) is 34.6 Å². The van der Waals surface area contributed by atoms with Gasteiger partial charge in [0.15, 0.2) is 0 Å². The summed E-state index contributed by atoms with van der Waals surface area (Å²) in [6.45, 7) is 11.0. The molecule has 4 heteroatoms. The third kappa shape index (κ3) is 4.23. The van der Waals surface area contributed by atoms with E-state index in [0.29, 0.717) is 0 Å². The van der Waals surface area contributed by atoms with Crippen molar-refractivity contribution in [3.05, 3.63) is 28.2 Å². The average Bonchev–Trinajstić information content (AvgIpc) is 2.23. The Morgan fingerprint density at radius 3 is 0.929 bits per heavy atom. The van der Waals surface area contributed by atoms with Crippen molar-refractivity contribution < 1.29 is 13.0 Å². The normalized spacial score (nSPS) is 18.4. The van der Waals surface area contributed by atoms with Gasteiger partial charge in [-0.25, -0.2) is 0 Å². The maximum absolute atomic E-state index is 4.94. The second-order valence-electron chi connectivity index (χ2n) is 3.27. The first-order chi connectivity index (χ1) is 6.29. The predicted molar refractivity (Wildman–Crippen MR) is 63.2 cm³/mol. The molecule has 0 heterocycles. The van der Waals surface area contributed by atoms with Crippen molar-refractivity contribution in [2.75, 3.05) is 0 Å². The topological polar surface area (TPSA) is 0 Å². The van der Waals surface area contributed by atoms with Crippen molar-refractivity contribution in [3.8, 4) is 0 Å². The van der Waals surface area contributed by atoms with Crippen LogP contribution >= 0.6 is 29.1 Å². The Morgan fingerprint density at radius 2 is 0.857 bits per heavy atom. The molecule has 0 amide bonds. The van der Waals surface area contributed by atoms with Crippen LogP contribution in [0.4, 0.5) is 0 Å². The minimum absolute atomic E-state index is 1.47. The summed E-state index contributed by atoms with van der Waals surface area (Å²) >= 11 is -1.66. The van der Waals surface area contributed by atoms with Crippen LogP contribution in [0.1, 0.15) is 34.6 Å². The van der Waals surface area contributed by atoms with Crippen molar-refractivity contribution >= 4 is 29.1 Å². The first-order valence-electron chi connectivity index (χ1n) is 4.13. The molecule has 0 bridgehead atoms. The molecule has 0 N–H and O–H groups in total. The molecule has 1 radical (unpaired) electrons.